The molecule has 0 aliphatic carbocycles. The first-order chi connectivity index (χ1) is 13.3. The molecule has 1 heterocycles. The first-order valence-electron chi connectivity index (χ1n) is 7.97. The summed E-state index contributed by atoms with van der Waals surface area (Å²) in [4.78, 5) is 26.9. The van der Waals surface area contributed by atoms with Gasteiger partial charge in [0, 0.05) is 17.0 Å². The lowest BCUT2D eigenvalue weighted by molar-refractivity contribution is -0.386. The van der Waals surface area contributed by atoms with E-state index in [1.807, 2.05) is 0 Å². The van der Waals surface area contributed by atoms with E-state index < -0.39 is 28.6 Å². The molecule has 0 saturated carbocycles. The summed E-state index contributed by atoms with van der Waals surface area (Å²) in [6, 6.07) is 9.09. The minimum Gasteiger partial charge on any atom is -0.474 e. The van der Waals surface area contributed by atoms with Gasteiger partial charge in [-0.2, -0.15) is 0 Å². The van der Waals surface area contributed by atoms with Crippen LogP contribution in [0.5, 0.6) is 5.75 Å². The van der Waals surface area contributed by atoms with Crippen LogP contribution >= 0.6 is 11.3 Å². The fourth-order valence-electron chi connectivity index (χ4n) is 2.28. The molecular weight excluding hydrogens is 392 g/mol. The van der Waals surface area contributed by atoms with Crippen molar-refractivity contribution in [1.82, 2.24) is 4.98 Å². The Hall–Kier alpha value is -3.40. The third-order valence-electron chi connectivity index (χ3n) is 3.68. The van der Waals surface area contributed by atoms with E-state index in [4.69, 9.17) is 4.74 Å². The summed E-state index contributed by atoms with van der Waals surface area (Å²) in [5, 5.41) is 15.3. The predicted octanol–water partition coefficient (Wildman–Crippen LogP) is 4.40. The molecule has 3 aromatic rings. The van der Waals surface area contributed by atoms with Crippen LogP contribution in [0.25, 0.3) is 11.3 Å². The largest absolute Gasteiger partial charge is 0.474 e. The van der Waals surface area contributed by atoms with E-state index in [1.54, 1.807) is 11.4 Å². The van der Waals surface area contributed by atoms with Gasteiger partial charge in [0.1, 0.15) is 0 Å². The van der Waals surface area contributed by atoms with Crippen molar-refractivity contribution >= 4 is 28.1 Å². The molecule has 7 nitrogen and oxygen atoms in total. The minimum absolute atomic E-state index is 0.0308. The highest BCUT2D eigenvalue weighted by Gasteiger charge is 2.21. The zero-order valence-corrected chi connectivity index (χ0v) is 15.2. The van der Waals surface area contributed by atoms with Gasteiger partial charge in [-0.1, -0.05) is 12.1 Å². The number of para-hydroxylation sites is 2. The molecule has 1 aromatic heterocycles. The molecule has 0 aliphatic heterocycles. The highest BCUT2D eigenvalue weighted by molar-refractivity contribution is 7.14. The standard InChI is InChI=1S/C18H13F2N3O4S/c1-10(27-16-5-3-2-4-15(16)23(25)26)17(24)22-18-21-14(9-28-18)11-6-7-12(19)13(20)8-11/h2-10H,1H3,(H,21,22,24)/t10-/m1/s1. The summed E-state index contributed by atoms with van der Waals surface area (Å²) in [5.74, 6) is -2.56. The number of nitrogens with zero attached hydrogens (tertiary/aromatic N) is 2. The molecule has 0 unspecified atom stereocenters. The Balaban J connectivity index is 1.69. The number of nitro groups is 1. The molecule has 0 aliphatic rings. The Labute approximate surface area is 161 Å². The maximum atomic E-state index is 13.4. The molecule has 0 radical (unpaired) electrons. The molecule has 144 valence electrons. The summed E-state index contributed by atoms with van der Waals surface area (Å²) in [5.41, 5.74) is 0.475. The van der Waals surface area contributed by atoms with Crippen LogP contribution in [0.4, 0.5) is 19.6 Å². The van der Waals surface area contributed by atoms with Crippen molar-refractivity contribution in [3.8, 4) is 17.0 Å². The van der Waals surface area contributed by atoms with Crippen LogP contribution in [0.3, 0.4) is 0 Å². The SMILES string of the molecule is C[C@@H](Oc1ccccc1[N+](=O)[O-])C(=O)Nc1nc(-c2ccc(F)c(F)c2)cs1. The number of rotatable bonds is 6. The van der Waals surface area contributed by atoms with E-state index in [2.05, 4.69) is 10.3 Å². The topological polar surface area (TPSA) is 94.4 Å². The van der Waals surface area contributed by atoms with E-state index in [9.17, 15) is 23.7 Å². The Morgan fingerprint density at radius 1 is 1.25 bits per heavy atom. The van der Waals surface area contributed by atoms with Gasteiger partial charge in [-0.25, -0.2) is 13.8 Å². The van der Waals surface area contributed by atoms with Crippen molar-refractivity contribution in [3.05, 3.63) is 69.6 Å². The average Bonchev–Trinajstić information content (AvgIpc) is 3.12. The van der Waals surface area contributed by atoms with Gasteiger partial charge in [0.15, 0.2) is 28.6 Å². The van der Waals surface area contributed by atoms with Gasteiger partial charge in [0.25, 0.3) is 5.91 Å². The van der Waals surface area contributed by atoms with Crippen molar-refractivity contribution < 1.29 is 23.2 Å². The number of thiazole rings is 1. The zero-order valence-electron chi connectivity index (χ0n) is 14.4. The van der Waals surface area contributed by atoms with Gasteiger partial charge in [0.05, 0.1) is 10.6 Å². The monoisotopic (exact) mass is 405 g/mol. The summed E-state index contributed by atoms with van der Waals surface area (Å²) in [6.45, 7) is 1.44. The van der Waals surface area contributed by atoms with E-state index >= 15 is 0 Å². The molecule has 3 rings (SSSR count). The van der Waals surface area contributed by atoms with Gasteiger partial charge >= 0.3 is 5.69 Å². The Morgan fingerprint density at radius 2 is 2.00 bits per heavy atom. The molecule has 0 spiro atoms. The number of amides is 1. The molecule has 1 atom stereocenters. The number of nitro benzene ring substituents is 1. The Bertz CT molecular complexity index is 1040. The van der Waals surface area contributed by atoms with Gasteiger partial charge < -0.3 is 4.74 Å². The molecular formula is C18H13F2N3O4S. The van der Waals surface area contributed by atoms with Crippen LogP contribution in [0.15, 0.2) is 47.8 Å². The van der Waals surface area contributed by atoms with E-state index in [0.717, 1.165) is 23.5 Å². The highest BCUT2D eigenvalue weighted by atomic mass is 32.1. The number of carbonyl (C=O) groups excluding carboxylic acids is 1. The first kappa shape index (κ1) is 19.4. The number of anilines is 1. The van der Waals surface area contributed by atoms with Crippen molar-refractivity contribution in [2.24, 2.45) is 0 Å². The third kappa shape index (κ3) is 4.29. The van der Waals surface area contributed by atoms with E-state index in [-0.39, 0.29) is 16.6 Å². The number of hydrogen-bond donors (Lipinski definition) is 1. The number of carbonyl (C=O) groups is 1. The summed E-state index contributed by atoms with van der Waals surface area (Å²) >= 11 is 1.09. The van der Waals surface area contributed by atoms with Gasteiger partial charge in [0.2, 0.25) is 0 Å². The van der Waals surface area contributed by atoms with Crippen molar-refractivity contribution in [3.63, 3.8) is 0 Å². The maximum absolute atomic E-state index is 13.4. The quantitative estimate of drug-likeness (QED) is 0.484. The average molecular weight is 405 g/mol. The first-order valence-corrected chi connectivity index (χ1v) is 8.85. The second-order valence-electron chi connectivity index (χ2n) is 5.64. The molecule has 2 aromatic carbocycles. The fourth-order valence-corrected chi connectivity index (χ4v) is 3.00. The molecule has 1 N–H and O–H groups in total. The van der Waals surface area contributed by atoms with Gasteiger partial charge in [-0.05, 0) is 31.2 Å². The van der Waals surface area contributed by atoms with Crippen LogP contribution in [0, 0.1) is 21.7 Å². The lowest BCUT2D eigenvalue weighted by atomic mass is 10.2. The molecule has 1 amide bonds. The molecule has 28 heavy (non-hydrogen) atoms. The number of halogens is 2. The van der Waals surface area contributed by atoms with Crippen molar-refractivity contribution in [2.75, 3.05) is 5.32 Å². The molecule has 0 saturated heterocycles. The van der Waals surface area contributed by atoms with Crippen molar-refractivity contribution in [2.45, 2.75) is 13.0 Å². The van der Waals surface area contributed by atoms with Crippen LogP contribution in [-0.2, 0) is 4.79 Å². The fraction of sp³-hybridized carbons (Fsp3) is 0.111. The summed E-state index contributed by atoms with van der Waals surface area (Å²) < 4.78 is 31.8. The number of nitrogens with one attached hydrogen (secondary N) is 1. The molecule has 10 heteroatoms. The Morgan fingerprint density at radius 3 is 2.71 bits per heavy atom. The Kier molecular flexibility index (Phi) is 5.59. The summed E-state index contributed by atoms with van der Waals surface area (Å²) in [6.07, 6.45) is -1.03. The molecule has 0 fully saturated rings. The van der Waals surface area contributed by atoms with Crippen LogP contribution in [0.1, 0.15) is 6.92 Å². The zero-order chi connectivity index (χ0) is 20.3. The lowest BCUT2D eigenvalue weighted by Crippen LogP contribution is -2.30. The van der Waals surface area contributed by atoms with Crippen molar-refractivity contribution in [1.29, 1.82) is 0 Å². The highest BCUT2D eigenvalue weighted by Crippen LogP contribution is 2.28. The predicted molar refractivity (Wildman–Crippen MR) is 99.3 cm³/mol. The third-order valence-corrected chi connectivity index (χ3v) is 4.44. The van der Waals surface area contributed by atoms with Crippen LogP contribution in [0.2, 0.25) is 0 Å². The number of benzene rings is 2. The second kappa shape index (κ2) is 8.09. The number of aromatic nitrogens is 1. The van der Waals surface area contributed by atoms with E-state index in [1.165, 1.54) is 31.2 Å². The minimum atomic E-state index is -1.03. The molecule has 0 bridgehead atoms. The second-order valence-corrected chi connectivity index (χ2v) is 6.50. The number of hydrogen-bond acceptors (Lipinski definition) is 6. The van der Waals surface area contributed by atoms with Crippen LogP contribution in [-0.4, -0.2) is 21.9 Å². The smallest absolute Gasteiger partial charge is 0.310 e. The normalized spacial score (nSPS) is 11.7. The number of ether oxygens (including phenoxy) is 1. The summed E-state index contributed by atoms with van der Waals surface area (Å²) in [7, 11) is 0. The maximum Gasteiger partial charge on any atom is 0.310 e. The lowest BCUT2D eigenvalue weighted by Gasteiger charge is -2.13. The van der Waals surface area contributed by atoms with Crippen LogP contribution < -0.4 is 10.1 Å². The van der Waals surface area contributed by atoms with Gasteiger partial charge in [-0.15, -0.1) is 11.3 Å². The van der Waals surface area contributed by atoms with E-state index in [0.29, 0.717) is 11.3 Å². The van der Waals surface area contributed by atoms with Gasteiger partial charge in [-0.3, -0.25) is 20.2 Å².